The van der Waals surface area contributed by atoms with Gasteiger partial charge < -0.3 is 10.4 Å². The van der Waals surface area contributed by atoms with Crippen LogP contribution in [-0.2, 0) is 9.59 Å². The van der Waals surface area contributed by atoms with Crippen LogP contribution in [0.2, 0.25) is 0 Å². The predicted molar refractivity (Wildman–Crippen MR) is 86.7 cm³/mol. The van der Waals surface area contributed by atoms with Gasteiger partial charge in [-0.2, -0.15) is 5.10 Å². The third-order valence-corrected chi connectivity index (χ3v) is 3.54. The third-order valence-electron chi connectivity index (χ3n) is 3.54. The number of aromatic nitrogens is 3. The molecule has 1 aromatic rings. The van der Waals surface area contributed by atoms with Crippen molar-refractivity contribution in [2.24, 2.45) is 0 Å². The van der Waals surface area contributed by atoms with Crippen molar-refractivity contribution in [3.8, 4) is 0 Å². The molecule has 0 radical (unpaired) electrons. The minimum absolute atomic E-state index is 0.0241. The van der Waals surface area contributed by atoms with Crippen LogP contribution in [0.25, 0.3) is 0 Å². The van der Waals surface area contributed by atoms with Gasteiger partial charge in [0.2, 0.25) is 5.91 Å². The summed E-state index contributed by atoms with van der Waals surface area (Å²) >= 11 is 0. The second-order valence-corrected chi connectivity index (χ2v) is 5.50. The summed E-state index contributed by atoms with van der Waals surface area (Å²) in [5.41, 5.74) is 0. The molecule has 0 aliphatic heterocycles. The zero-order valence-corrected chi connectivity index (χ0v) is 13.6. The van der Waals surface area contributed by atoms with E-state index in [2.05, 4.69) is 27.4 Å². The highest BCUT2D eigenvalue weighted by Crippen LogP contribution is 2.20. The molecular formula is C16H26N4O3. The van der Waals surface area contributed by atoms with E-state index >= 15 is 0 Å². The van der Waals surface area contributed by atoms with Crippen molar-refractivity contribution in [3.05, 3.63) is 24.4 Å². The number of nitrogens with zero attached hydrogens (tertiary/aromatic N) is 2. The molecule has 1 atom stereocenters. The Morgan fingerprint density at radius 2 is 2.09 bits per heavy atom. The highest BCUT2D eigenvalue weighted by Gasteiger charge is 2.11. The molecule has 23 heavy (non-hydrogen) atoms. The fourth-order valence-electron chi connectivity index (χ4n) is 2.24. The number of aliphatic carboxylic acids is 1. The molecule has 1 rings (SSSR count). The van der Waals surface area contributed by atoms with Crippen LogP contribution in [0.15, 0.2) is 18.6 Å². The lowest BCUT2D eigenvalue weighted by atomic mass is 9.99. The van der Waals surface area contributed by atoms with Crippen molar-refractivity contribution in [2.75, 3.05) is 0 Å². The van der Waals surface area contributed by atoms with Crippen molar-refractivity contribution in [2.45, 2.75) is 64.2 Å². The number of amides is 1. The van der Waals surface area contributed by atoms with Gasteiger partial charge in [-0.05, 0) is 6.42 Å². The highest BCUT2D eigenvalue weighted by molar-refractivity contribution is 5.81. The molecule has 0 fully saturated rings. The summed E-state index contributed by atoms with van der Waals surface area (Å²) in [6.45, 7) is 2.19. The smallest absolute Gasteiger partial charge is 0.303 e. The first-order valence-electron chi connectivity index (χ1n) is 8.16. The molecule has 7 heteroatoms. The van der Waals surface area contributed by atoms with E-state index in [-0.39, 0.29) is 24.7 Å². The van der Waals surface area contributed by atoms with Crippen molar-refractivity contribution in [1.29, 1.82) is 0 Å². The number of aromatic amines is 1. The Morgan fingerprint density at radius 1 is 1.30 bits per heavy atom. The Morgan fingerprint density at radius 3 is 2.74 bits per heavy atom. The Kier molecular flexibility index (Phi) is 9.35. The number of carboxylic acid groups (broad SMARTS) is 1. The summed E-state index contributed by atoms with van der Waals surface area (Å²) in [5.74, 6) is -0.436. The Hall–Kier alpha value is -2.18. The summed E-state index contributed by atoms with van der Waals surface area (Å²) < 4.78 is 0. The molecule has 0 aliphatic carbocycles. The summed E-state index contributed by atoms with van der Waals surface area (Å²) in [6, 6.07) is 0. The number of nitrogens with one attached hydrogen (secondary N) is 2. The first-order chi connectivity index (χ1) is 11.1. The topological polar surface area (TPSA) is 108 Å². The van der Waals surface area contributed by atoms with Crippen LogP contribution in [0.1, 0.15) is 70.0 Å². The molecular weight excluding hydrogens is 296 g/mol. The summed E-state index contributed by atoms with van der Waals surface area (Å²) in [5, 5.41) is 17.9. The number of hydrogen-bond donors (Lipinski definition) is 3. The molecule has 1 unspecified atom stereocenters. The van der Waals surface area contributed by atoms with Crippen molar-refractivity contribution in [3.63, 3.8) is 0 Å². The number of H-pyrrole nitrogens is 1. The first-order valence-corrected chi connectivity index (χ1v) is 8.16. The van der Waals surface area contributed by atoms with E-state index < -0.39 is 5.97 Å². The molecule has 3 N–H and O–H groups in total. The Labute approximate surface area is 136 Å². The largest absolute Gasteiger partial charge is 0.481 e. The van der Waals surface area contributed by atoms with Crippen LogP contribution in [0.3, 0.4) is 0 Å². The molecule has 0 bridgehead atoms. The summed E-state index contributed by atoms with van der Waals surface area (Å²) in [6.07, 6.45) is 11.6. The van der Waals surface area contributed by atoms with Crippen molar-refractivity contribution < 1.29 is 14.7 Å². The van der Waals surface area contributed by atoms with Gasteiger partial charge in [0.05, 0.1) is 6.42 Å². The van der Waals surface area contributed by atoms with E-state index in [1.54, 1.807) is 6.20 Å². The molecule has 1 aromatic heterocycles. The molecule has 0 aliphatic rings. The van der Waals surface area contributed by atoms with Gasteiger partial charge in [0, 0.05) is 18.5 Å². The minimum atomic E-state index is -0.976. The van der Waals surface area contributed by atoms with Crippen molar-refractivity contribution in [1.82, 2.24) is 20.5 Å². The quantitative estimate of drug-likeness (QED) is 0.513. The van der Waals surface area contributed by atoms with Crippen LogP contribution in [0.5, 0.6) is 0 Å². The lowest BCUT2D eigenvalue weighted by Crippen LogP contribution is -2.18. The fourth-order valence-corrected chi connectivity index (χ4v) is 2.24. The summed E-state index contributed by atoms with van der Waals surface area (Å²) in [7, 11) is 0. The zero-order valence-electron chi connectivity index (χ0n) is 13.6. The maximum Gasteiger partial charge on any atom is 0.303 e. The van der Waals surface area contributed by atoms with Gasteiger partial charge in [-0.15, -0.1) is 0 Å². The number of hydrogen-bond acceptors (Lipinski definition) is 4. The average Bonchev–Trinajstić information content (AvgIpc) is 3.05. The van der Waals surface area contributed by atoms with Gasteiger partial charge in [-0.1, -0.05) is 45.1 Å². The second kappa shape index (κ2) is 11.4. The lowest BCUT2D eigenvalue weighted by molar-refractivity contribution is -0.138. The monoisotopic (exact) mass is 322 g/mol. The first kappa shape index (κ1) is 18.9. The predicted octanol–water partition coefficient (Wildman–Crippen LogP) is 2.74. The average molecular weight is 322 g/mol. The molecule has 0 saturated carbocycles. The number of rotatable bonds is 12. The number of carbonyl (C=O) groups excluding carboxylic acids is 1. The Bertz CT molecular complexity index is 486. The SMILES string of the molecule is CCCCCCCC(C=CNC(=O)CCC(=O)O)c1ncn[nH]1. The standard InChI is InChI=1S/C16H26N4O3/c1-2-3-4-5-6-7-13(16-18-12-19-20-16)10-11-17-14(21)8-9-15(22)23/h10-13H,2-9H2,1H3,(H,17,21)(H,22,23)(H,18,19,20). The number of carbonyl (C=O) groups is 2. The second-order valence-electron chi connectivity index (χ2n) is 5.50. The van der Waals surface area contributed by atoms with Crippen molar-refractivity contribution >= 4 is 11.9 Å². The maximum atomic E-state index is 11.5. The van der Waals surface area contributed by atoms with Gasteiger partial charge in [0.1, 0.15) is 12.2 Å². The number of carboxylic acids is 1. The van der Waals surface area contributed by atoms with Gasteiger partial charge in [0.25, 0.3) is 0 Å². The van der Waals surface area contributed by atoms with Gasteiger partial charge in [-0.25, -0.2) is 4.98 Å². The minimum Gasteiger partial charge on any atom is -0.481 e. The normalized spacial score (nSPS) is 12.4. The number of allylic oxidation sites excluding steroid dienone is 1. The molecule has 0 saturated heterocycles. The highest BCUT2D eigenvalue weighted by atomic mass is 16.4. The van der Waals surface area contributed by atoms with Gasteiger partial charge in [0.15, 0.2) is 0 Å². The van der Waals surface area contributed by atoms with Crippen LogP contribution in [-0.4, -0.2) is 32.2 Å². The van der Waals surface area contributed by atoms with E-state index in [1.165, 1.54) is 32.0 Å². The van der Waals surface area contributed by atoms with Crippen LogP contribution in [0, 0.1) is 0 Å². The maximum absolute atomic E-state index is 11.5. The van der Waals surface area contributed by atoms with E-state index in [0.717, 1.165) is 18.7 Å². The molecule has 0 aromatic carbocycles. The number of unbranched alkanes of at least 4 members (excludes halogenated alkanes) is 4. The molecule has 0 spiro atoms. The van der Waals surface area contributed by atoms with E-state index in [4.69, 9.17) is 5.11 Å². The van der Waals surface area contributed by atoms with Crippen LogP contribution < -0.4 is 5.32 Å². The molecule has 1 amide bonds. The van der Waals surface area contributed by atoms with Gasteiger partial charge in [-0.3, -0.25) is 14.7 Å². The molecule has 7 nitrogen and oxygen atoms in total. The Balaban J connectivity index is 2.41. The molecule has 128 valence electrons. The van der Waals surface area contributed by atoms with Crippen LogP contribution in [0.4, 0.5) is 0 Å². The van der Waals surface area contributed by atoms with Crippen LogP contribution >= 0.6 is 0 Å². The fraction of sp³-hybridized carbons (Fsp3) is 0.625. The van der Waals surface area contributed by atoms with Gasteiger partial charge >= 0.3 is 5.97 Å². The molecule has 1 heterocycles. The zero-order chi connectivity index (χ0) is 16.9. The van der Waals surface area contributed by atoms with E-state index in [9.17, 15) is 9.59 Å². The third kappa shape index (κ3) is 8.75. The van der Waals surface area contributed by atoms with E-state index in [0.29, 0.717) is 0 Å². The lowest BCUT2D eigenvalue weighted by Gasteiger charge is -2.09. The summed E-state index contributed by atoms with van der Waals surface area (Å²) in [4.78, 5) is 26.1. The van der Waals surface area contributed by atoms with E-state index in [1.807, 2.05) is 6.08 Å².